The van der Waals surface area contributed by atoms with Crippen molar-refractivity contribution in [2.75, 3.05) is 5.32 Å². The zero-order valence-electron chi connectivity index (χ0n) is 15.7. The second-order valence-corrected chi connectivity index (χ2v) is 7.12. The van der Waals surface area contributed by atoms with E-state index in [1.807, 2.05) is 33.8 Å². The maximum Gasteiger partial charge on any atom is 0.407 e. The van der Waals surface area contributed by atoms with Gasteiger partial charge in [0.05, 0.1) is 17.6 Å². The number of H-pyrrole nitrogens is 1. The van der Waals surface area contributed by atoms with Gasteiger partial charge in [-0.3, -0.25) is 10.1 Å². The average molecular weight is 358 g/mol. The van der Waals surface area contributed by atoms with Gasteiger partial charge in [0.15, 0.2) is 11.6 Å². The predicted octanol–water partition coefficient (Wildman–Crippen LogP) is 3.33. The molecule has 2 aromatic heterocycles. The molecule has 26 heavy (non-hydrogen) atoms. The topological polar surface area (TPSA) is 105 Å². The number of hydrogen-bond donors (Lipinski definition) is 3. The van der Waals surface area contributed by atoms with Crippen molar-refractivity contribution >= 4 is 17.7 Å². The van der Waals surface area contributed by atoms with Crippen LogP contribution in [-0.4, -0.2) is 38.4 Å². The molecule has 8 nitrogen and oxygen atoms in total. The van der Waals surface area contributed by atoms with Crippen LogP contribution in [0, 0.1) is 13.8 Å². The summed E-state index contributed by atoms with van der Waals surface area (Å²) < 4.78 is 5.49. The van der Waals surface area contributed by atoms with Crippen LogP contribution in [0.3, 0.4) is 0 Å². The summed E-state index contributed by atoms with van der Waals surface area (Å²) >= 11 is 0. The van der Waals surface area contributed by atoms with Crippen molar-refractivity contribution in [1.82, 2.24) is 25.5 Å². The molecule has 2 aromatic rings. The van der Waals surface area contributed by atoms with Crippen molar-refractivity contribution < 1.29 is 9.53 Å². The number of aryl methyl sites for hydroxylation is 2. The van der Waals surface area contributed by atoms with E-state index in [-0.39, 0.29) is 18.2 Å². The monoisotopic (exact) mass is 358 g/mol. The smallest absolute Gasteiger partial charge is 0.407 e. The number of aromatic nitrogens is 4. The highest BCUT2D eigenvalue weighted by molar-refractivity contribution is 5.67. The molecule has 1 fully saturated rings. The number of aromatic amines is 1. The van der Waals surface area contributed by atoms with E-state index in [9.17, 15) is 4.79 Å². The molecular formula is C18H26N6O2. The molecule has 1 saturated carbocycles. The zero-order chi connectivity index (χ0) is 18.7. The molecule has 0 aliphatic heterocycles. The van der Waals surface area contributed by atoms with E-state index in [4.69, 9.17) is 4.74 Å². The maximum atomic E-state index is 11.7. The largest absolute Gasteiger partial charge is 0.446 e. The number of carbonyl (C=O) groups excluding carboxylic acids is 1. The third-order valence-electron chi connectivity index (χ3n) is 4.42. The molecule has 1 amide bonds. The molecule has 2 atom stereocenters. The Kier molecular flexibility index (Phi) is 5.39. The fraction of sp³-hybridized carbons (Fsp3) is 0.556. The normalized spacial score (nSPS) is 19.6. The zero-order valence-corrected chi connectivity index (χ0v) is 15.7. The summed E-state index contributed by atoms with van der Waals surface area (Å²) in [7, 11) is 0. The summed E-state index contributed by atoms with van der Waals surface area (Å²) in [6, 6.07) is 2.07. The number of anilines is 2. The van der Waals surface area contributed by atoms with Gasteiger partial charge in [0, 0.05) is 23.7 Å². The third-order valence-corrected chi connectivity index (χ3v) is 4.42. The van der Waals surface area contributed by atoms with Gasteiger partial charge < -0.3 is 15.4 Å². The van der Waals surface area contributed by atoms with Crippen LogP contribution in [0.25, 0.3) is 0 Å². The summed E-state index contributed by atoms with van der Waals surface area (Å²) in [4.78, 5) is 20.5. The number of rotatable bonds is 5. The Bertz CT molecular complexity index is 773. The minimum Gasteiger partial charge on any atom is -0.446 e. The molecule has 0 spiro atoms. The lowest BCUT2D eigenvalue weighted by atomic mass is 10.0. The molecule has 3 N–H and O–H groups in total. The Morgan fingerprint density at radius 3 is 2.88 bits per heavy atom. The Morgan fingerprint density at radius 1 is 1.35 bits per heavy atom. The standard InChI is InChI=1S/C18H26N6O2/c1-10(2)20-18(25)26-14-6-5-13(7-14)15-8-16(24-23-15)22-17-12(4)21-11(3)9-19-17/h8-10,13-14H,5-7H2,1-4H3,(H,20,25)(H2,19,22,23,24). The highest BCUT2D eigenvalue weighted by Crippen LogP contribution is 2.36. The van der Waals surface area contributed by atoms with Crippen molar-refractivity contribution in [2.24, 2.45) is 0 Å². The molecule has 0 saturated heterocycles. The summed E-state index contributed by atoms with van der Waals surface area (Å²) in [6.45, 7) is 7.66. The number of nitrogens with one attached hydrogen (secondary N) is 3. The van der Waals surface area contributed by atoms with Gasteiger partial charge in [0.25, 0.3) is 0 Å². The summed E-state index contributed by atoms with van der Waals surface area (Å²) in [5.74, 6) is 1.72. The Hall–Kier alpha value is -2.64. The molecule has 2 heterocycles. The van der Waals surface area contributed by atoms with Gasteiger partial charge in [-0.25, -0.2) is 9.78 Å². The first kappa shape index (κ1) is 18.2. The molecule has 0 aromatic carbocycles. The van der Waals surface area contributed by atoms with Gasteiger partial charge in [-0.15, -0.1) is 0 Å². The molecule has 2 unspecified atom stereocenters. The maximum absolute atomic E-state index is 11.7. The molecule has 140 valence electrons. The number of ether oxygens (including phenoxy) is 1. The average Bonchev–Trinajstić information content (AvgIpc) is 3.18. The van der Waals surface area contributed by atoms with Crippen molar-refractivity contribution in [1.29, 1.82) is 0 Å². The molecular weight excluding hydrogens is 332 g/mol. The fourth-order valence-electron chi connectivity index (χ4n) is 3.20. The Balaban J connectivity index is 1.57. The van der Waals surface area contributed by atoms with Crippen molar-refractivity contribution in [3.8, 4) is 0 Å². The summed E-state index contributed by atoms with van der Waals surface area (Å²) in [5.41, 5.74) is 2.76. The Morgan fingerprint density at radius 2 is 2.15 bits per heavy atom. The molecule has 8 heteroatoms. The van der Waals surface area contributed by atoms with E-state index in [2.05, 4.69) is 30.8 Å². The van der Waals surface area contributed by atoms with Crippen LogP contribution >= 0.6 is 0 Å². The van der Waals surface area contributed by atoms with E-state index in [1.165, 1.54) is 0 Å². The number of nitrogens with zero attached hydrogens (tertiary/aromatic N) is 3. The SMILES string of the molecule is Cc1cnc(Nc2cc(C3CCC(OC(=O)NC(C)C)C3)[nH]n2)c(C)n1. The Labute approximate surface area is 153 Å². The predicted molar refractivity (Wildman–Crippen MR) is 98.5 cm³/mol. The van der Waals surface area contributed by atoms with Gasteiger partial charge in [-0.05, 0) is 47.0 Å². The van der Waals surface area contributed by atoms with E-state index in [0.717, 1.165) is 36.3 Å². The minimum atomic E-state index is -0.342. The van der Waals surface area contributed by atoms with Gasteiger partial charge in [-0.1, -0.05) is 0 Å². The van der Waals surface area contributed by atoms with Crippen molar-refractivity contribution in [3.63, 3.8) is 0 Å². The van der Waals surface area contributed by atoms with Crippen molar-refractivity contribution in [2.45, 2.75) is 65.0 Å². The second-order valence-electron chi connectivity index (χ2n) is 7.12. The first-order valence-electron chi connectivity index (χ1n) is 9.00. The lowest BCUT2D eigenvalue weighted by Crippen LogP contribution is -2.33. The number of amides is 1. The molecule has 1 aliphatic carbocycles. The first-order valence-corrected chi connectivity index (χ1v) is 9.00. The lowest BCUT2D eigenvalue weighted by Gasteiger charge is -2.14. The van der Waals surface area contributed by atoms with Crippen LogP contribution in [0.5, 0.6) is 0 Å². The number of carbonyl (C=O) groups is 1. The van der Waals surface area contributed by atoms with Gasteiger partial charge >= 0.3 is 6.09 Å². The second kappa shape index (κ2) is 7.72. The van der Waals surface area contributed by atoms with Crippen LogP contribution < -0.4 is 10.6 Å². The molecule has 3 rings (SSSR count). The van der Waals surface area contributed by atoms with Gasteiger partial charge in [0.1, 0.15) is 6.10 Å². The minimum absolute atomic E-state index is 0.0522. The molecule has 0 bridgehead atoms. The summed E-state index contributed by atoms with van der Waals surface area (Å²) in [6.07, 6.45) is 3.96. The first-order chi connectivity index (χ1) is 12.4. The molecule has 0 radical (unpaired) electrons. The highest BCUT2D eigenvalue weighted by Gasteiger charge is 2.30. The lowest BCUT2D eigenvalue weighted by molar-refractivity contribution is 0.0981. The van der Waals surface area contributed by atoms with E-state index >= 15 is 0 Å². The van der Waals surface area contributed by atoms with Crippen LogP contribution in [0.15, 0.2) is 12.3 Å². The van der Waals surface area contributed by atoms with E-state index < -0.39 is 0 Å². The van der Waals surface area contributed by atoms with Crippen LogP contribution in [0.2, 0.25) is 0 Å². The highest BCUT2D eigenvalue weighted by atomic mass is 16.6. The number of alkyl carbamates (subject to hydrolysis) is 1. The van der Waals surface area contributed by atoms with Gasteiger partial charge in [-0.2, -0.15) is 5.10 Å². The van der Waals surface area contributed by atoms with Gasteiger partial charge in [0.2, 0.25) is 0 Å². The van der Waals surface area contributed by atoms with Crippen molar-refractivity contribution in [3.05, 3.63) is 29.3 Å². The summed E-state index contributed by atoms with van der Waals surface area (Å²) in [5, 5.41) is 13.4. The van der Waals surface area contributed by atoms with E-state index in [1.54, 1.807) is 6.20 Å². The quantitative estimate of drug-likeness (QED) is 0.757. The third kappa shape index (κ3) is 4.50. The van der Waals surface area contributed by atoms with Crippen LogP contribution in [0.4, 0.5) is 16.4 Å². The van der Waals surface area contributed by atoms with Crippen LogP contribution in [-0.2, 0) is 4.74 Å². The van der Waals surface area contributed by atoms with E-state index in [0.29, 0.717) is 17.6 Å². The molecule has 1 aliphatic rings. The fourth-order valence-corrected chi connectivity index (χ4v) is 3.20. The van der Waals surface area contributed by atoms with Crippen LogP contribution in [0.1, 0.15) is 56.1 Å². The number of hydrogen-bond acceptors (Lipinski definition) is 6.